The molecule has 1 aromatic carbocycles. The highest BCUT2D eigenvalue weighted by atomic mass is 35.5. The molecule has 1 amide bonds. The Morgan fingerprint density at radius 1 is 1.19 bits per heavy atom. The fourth-order valence-electron chi connectivity index (χ4n) is 4.63. The van der Waals surface area contributed by atoms with E-state index in [2.05, 4.69) is 11.4 Å². The van der Waals surface area contributed by atoms with E-state index in [1.54, 1.807) is 0 Å². The molecular weight excluding hydrogens is 352 g/mol. The van der Waals surface area contributed by atoms with Crippen LogP contribution >= 0.6 is 12.4 Å². The zero-order valence-corrected chi connectivity index (χ0v) is 15.9. The minimum atomic E-state index is -0.460. The SMILES string of the molecule is Cl.NC(C(=O)NC1CC2(CCCC2)Oc2ccccc21)C1CCOCC1. The first kappa shape index (κ1) is 19.5. The van der Waals surface area contributed by atoms with E-state index in [0.29, 0.717) is 13.2 Å². The Bertz CT molecular complexity index is 627. The number of ether oxygens (including phenoxy) is 2. The summed E-state index contributed by atoms with van der Waals surface area (Å²) in [4.78, 5) is 12.8. The first-order chi connectivity index (χ1) is 12.2. The van der Waals surface area contributed by atoms with E-state index in [1.807, 2.05) is 18.2 Å². The number of carbonyl (C=O) groups excluding carboxylic acids is 1. The molecular formula is C20H29ClN2O3. The highest BCUT2D eigenvalue weighted by Gasteiger charge is 2.43. The van der Waals surface area contributed by atoms with Crippen molar-refractivity contribution in [2.75, 3.05) is 13.2 Å². The lowest BCUT2D eigenvalue weighted by Gasteiger charge is -2.40. The van der Waals surface area contributed by atoms with Crippen LogP contribution in [0.1, 0.15) is 56.6 Å². The third-order valence-electron chi connectivity index (χ3n) is 6.10. The van der Waals surface area contributed by atoms with E-state index in [9.17, 15) is 4.79 Å². The average molecular weight is 381 g/mol. The van der Waals surface area contributed by atoms with Crippen LogP contribution in [0.3, 0.4) is 0 Å². The first-order valence-corrected chi connectivity index (χ1v) is 9.59. The normalized spacial score (nSPS) is 25.7. The first-order valence-electron chi connectivity index (χ1n) is 9.59. The Balaban J connectivity index is 0.00000196. The lowest BCUT2D eigenvalue weighted by Crippen LogP contribution is -2.50. The molecule has 6 heteroatoms. The smallest absolute Gasteiger partial charge is 0.237 e. The molecule has 144 valence electrons. The molecule has 26 heavy (non-hydrogen) atoms. The van der Waals surface area contributed by atoms with Gasteiger partial charge in [-0.25, -0.2) is 0 Å². The molecule has 1 spiro atoms. The molecule has 1 saturated heterocycles. The van der Waals surface area contributed by atoms with E-state index in [0.717, 1.165) is 43.4 Å². The van der Waals surface area contributed by atoms with Crippen LogP contribution in [-0.2, 0) is 9.53 Å². The number of benzene rings is 1. The van der Waals surface area contributed by atoms with Crippen LogP contribution in [0.25, 0.3) is 0 Å². The fraction of sp³-hybridized carbons (Fsp3) is 0.650. The summed E-state index contributed by atoms with van der Waals surface area (Å²) in [5.41, 5.74) is 7.24. The average Bonchev–Trinajstić information content (AvgIpc) is 3.09. The quantitative estimate of drug-likeness (QED) is 0.844. The summed E-state index contributed by atoms with van der Waals surface area (Å²) in [6.45, 7) is 1.41. The molecule has 0 bridgehead atoms. The van der Waals surface area contributed by atoms with Gasteiger partial charge in [-0.1, -0.05) is 18.2 Å². The summed E-state index contributed by atoms with van der Waals surface area (Å²) in [6, 6.07) is 7.61. The second-order valence-corrected chi connectivity index (χ2v) is 7.77. The molecule has 2 atom stereocenters. The van der Waals surface area contributed by atoms with Crippen LogP contribution in [-0.4, -0.2) is 30.8 Å². The predicted molar refractivity (Wildman–Crippen MR) is 103 cm³/mol. The van der Waals surface area contributed by atoms with Gasteiger partial charge in [-0.2, -0.15) is 0 Å². The van der Waals surface area contributed by atoms with Crippen molar-refractivity contribution in [1.82, 2.24) is 5.32 Å². The van der Waals surface area contributed by atoms with Gasteiger partial charge in [0.25, 0.3) is 0 Å². The second-order valence-electron chi connectivity index (χ2n) is 7.77. The van der Waals surface area contributed by atoms with Crippen LogP contribution < -0.4 is 15.8 Å². The third-order valence-corrected chi connectivity index (χ3v) is 6.10. The molecule has 1 aliphatic carbocycles. The lowest BCUT2D eigenvalue weighted by atomic mass is 9.85. The topological polar surface area (TPSA) is 73.6 Å². The Labute approximate surface area is 161 Å². The summed E-state index contributed by atoms with van der Waals surface area (Å²) in [6.07, 6.45) is 7.11. The minimum absolute atomic E-state index is 0. The Kier molecular flexibility index (Phi) is 6.10. The summed E-state index contributed by atoms with van der Waals surface area (Å²) in [7, 11) is 0. The molecule has 0 radical (unpaired) electrons. The number of nitrogens with two attached hydrogens (primary N) is 1. The van der Waals surface area contributed by atoms with Crippen LogP contribution in [0, 0.1) is 5.92 Å². The van der Waals surface area contributed by atoms with Gasteiger partial charge in [0.2, 0.25) is 5.91 Å². The Hall–Kier alpha value is -1.30. The van der Waals surface area contributed by atoms with Crippen LogP contribution in [0.4, 0.5) is 0 Å². The van der Waals surface area contributed by atoms with E-state index in [1.165, 1.54) is 12.8 Å². The Morgan fingerprint density at radius 3 is 2.62 bits per heavy atom. The monoisotopic (exact) mass is 380 g/mol. The number of halogens is 1. The molecule has 2 aliphatic heterocycles. The van der Waals surface area contributed by atoms with Gasteiger partial charge in [-0.15, -0.1) is 12.4 Å². The predicted octanol–water partition coefficient (Wildman–Crippen LogP) is 3.11. The number of hydrogen-bond donors (Lipinski definition) is 2. The van der Waals surface area contributed by atoms with Gasteiger partial charge in [0.1, 0.15) is 11.4 Å². The zero-order chi connectivity index (χ0) is 17.3. The maximum Gasteiger partial charge on any atom is 0.237 e. The number of para-hydroxylation sites is 1. The molecule has 1 aromatic rings. The van der Waals surface area contributed by atoms with Gasteiger partial charge < -0.3 is 20.5 Å². The standard InChI is InChI=1S/C20H28N2O3.ClH/c21-18(14-7-11-24-12-8-14)19(23)22-16-13-20(9-3-4-10-20)25-17-6-2-1-5-15(16)17;/h1-2,5-6,14,16,18H,3-4,7-13,21H2,(H,22,23);1H. The van der Waals surface area contributed by atoms with E-state index in [-0.39, 0.29) is 35.9 Å². The van der Waals surface area contributed by atoms with Gasteiger partial charge in [0.15, 0.2) is 0 Å². The Morgan fingerprint density at radius 2 is 1.88 bits per heavy atom. The number of hydrogen-bond acceptors (Lipinski definition) is 4. The number of fused-ring (bicyclic) bond motifs is 1. The second kappa shape index (κ2) is 8.15. The van der Waals surface area contributed by atoms with Gasteiger partial charge in [-0.05, 0) is 50.5 Å². The fourth-order valence-corrected chi connectivity index (χ4v) is 4.63. The molecule has 0 aromatic heterocycles. The van der Waals surface area contributed by atoms with Crippen molar-refractivity contribution in [2.24, 2.45) is 11.7 Å². The largest absolute Gasteiger partial charge is 0.487 e. The van der Waals surface area contributed by atoms with Crippen LogP contribution in [0.15, 0.2) is 24.3 Å². The zero-order valence-electron chi connectivity index (χ0n) is 15.1. The molecule has 3 aliphatic rings. The van der Waals surface area contributed by atoms with Gasteiger partial charge >= 0.3 is 0 Å². The summed E-state index contributed by atoms with van der Waals surface area (Å²) in [5.74, 6) is 1.09. The van der Waals surface area contributed by atoms with E-state index >= 15 is 0 Å². The number of amides is 1. The highest BCUT2D eigenvalue weighted by molar-refractivity contribution is 5.85. The van der Waals surface area contributed by atoms with Crippen molar-refractivity contribution in [3.63, 3.8) is 0 Å². The highest BCUT2D eigenvalue weighted by Crippen LogP contribution is 2.47. The maximum atomic E-state index is 12.8. The molecule has 2 heterocycles. The molecule has 2 fully saturated rings. The number of rotatable bonds is 3. The van der Waals surface area contributed by atoms with Crippen LogP contribution in [0.2, 0.25) is 0 Å². The van der Waals surface area contributed by atoms with Crippen molar-refractivity contribution in [3.8, 4) is 5.75 Å². The van der Waals surface area contributed by atoms with Crippen molar-refractivity contribution in [1.29, 1.82) is 0 Å². The molecule has 2 unspecified atom stereocenters. The van der Waals surface area contributed by atoms with Crippen molar-refractivity contribution < 1.29 is 14.3 Å². The molecule has 4 rings (SSSR count). The lowest BCUT2D eigenvalue weighted by molar-refractivity contribution is -0.125. The number of nitrogens with one attached hydrogen (secondary N) is 1. The van der Waals surface area contributed by atoms with Crippen molar-refractivity contribution in [2.45, 2.75) is 62.6 Å². The number of carbonyl (C=O) groups is 1. The minimum Gasteiger partial charge on any atom is -0.487 e. The van der Waals surface area contributed by atoms with Gasteiger partial charge in [-0.3, -0.25) is 4.79 Å². The maximum absolute atomic E-state index is 12.8. The van der Waals surface area contributed by atoms with Crippen molar-refractivity contribution in [3.05, 3.63) is 29.8 Å². The molecule has 1 saturated carbocycles. The van der Waals surface area contributed by atoms with E-state index in [4.69, 9.17) is 15.2 Å². The summed E-state index contributed by atoms with van der Waals surface area (Å²) < 4.78 is 11.8. The van der Waals surface area contributed by atoms with Gasteiger partial charge in [0, 0.05) is 25.2 Å². The molecule has 3 N–H and O–H groups in total. The van der Waals surface area contributed by atoms with Crippen molar-refractivity contribution >= 4 is 18.3 Å². The van der Waals surface area contributed by atoms with Gasteiger partial charge in [0.05, 0.1) is 12.1 Å². The molecule has 5 nitrogen and oxygen atoms in total. The third kappa shape index (κ3) is 3.85. The summed E-state index contributed by atoms with van der Waals surface area (Å²) >= 11 is 0. The summed E-state index contributed by atoms with van der Waals surface area (Å²) in [5, 5.41) is 3.24. The van der Waals surface area contributed by atoms with Crippen LogP contribution in [0.5, 0.6) is 5.75 Å². The van der Waals surface area contributed by atoms with E-state index < -0.39 is 6.04 Å².